The van der Waals surface area contributed by atoms with E-state index in [0.717, 1.165) is 25.1 Å². The second-order valence-corrected chi connectivity index (χ2v) is 7.15. The van der Waals surface area contributed by atoms with Gasteiger partial charge in [0.1, 0.15) is 0 Å². The maximum atomic E-state index is 4.30. The monoisotopic (exact) mass is 325 g/mol. The summed E-state index contributed by atoms with van der Waals surface area (Å²) in [5, 5.41) is 3.51. The maximum Gasteiger partial charge on any atom is 0.0718 e. The summed E-state index contributed by atoms with van der Waals surface area (Å²) in [4.78, 5) is 6.90. The first-order chi connectivity index (χ1) is 11.8. The molecule has 3 heteroatoms. The highest BCUT2D eigenvalue weighted by Crippen LogP contribution is 2.30. The van der Waals surface area contributed by atoms with Gasteiger partial charge in [-0.3, -0.25) is 4.99 Å². The fourth-order valence-corrected chi connectivity index (χ4v) is 3.86. The van der Waals surface area contributed by atoms with Gasteiger partial charge in [-0.25, -0.2) is 0 Å². The summed E-state index contributed by atoms with van der Waals surface area (Å²) in [7, 11) is 0. The van der Waals surface area contributed by atoms with Gasteiger partial charge in [0.25, 0.3) is 0 Å². The summed E-state index contributed by atoms with van der Waals surface area (Å²) >= 11 is 0. The Bertz CT molecular complexity index is 597. The Morgan fingerprint density at radius 3 is 2.71 bits per heavy atom. The molecule has 1 aromatic rings. The Kier molecular flexibility index (Phi) is 6.08. The molecule has 2 aliphatic heterocycles. The fraction of sp³-hybridized carbons (Fsp3) is 0.571. The van der Waals surface area contributed by atoms with E-state index in [1.807, 2.05) is 0 Å². The second-order valence-electron chi connectivity index (χ2n) is 7.15. The number of aryl methyl sites for hydroxylation is 2. The molecule has 0 atom stereocenters. The van der Waals surface area contributed by atoms with Gasteiger partial charge in [0, 0.05) is 17.8 Å². The summed E-state index contributed by atoms with van der Waals surface area (Å²) in [5.41, 5.74) is 6.27. The summed E-state index contributed by atoms with van der Waals surface area (Å²) in [6.45, 7) is 11.0. The summed E-state index contributed by atoms with van der Waals surface area (Å²) in [5.74, 6) is 0. The van der Waals surface area contributed by atoms with Gasteiger partial charge in [0.15, 0.2) is 0 Å². The van der Waals surface area contributed by atoms with Gasteiger partial charge in [-0.05, 0) is 101 Å². The van der Waals surface area contributed by atoms with Crippen LogP contribution in [0.25, 0.3) is 5.70 Å². The quantitative estimate of drug-likeness (QED) is 0.591. The van der Waals surface area contributed by atoms with Crippen LogP contribution in [0.2, 0.25) is 0 Å². The highest BCUT2D eigenvalue weighted by Gasteiger charge is 2.13. The molecule has 0 saturated carbocycles. The fourth-order valence-electron chi connectivity index (χ4n) is 3.86. The van der Waals surface area contributed by atoms with Crippen molar-refractivity contribution >= 4 is 18.1 Å². The van der Waals surface area contributed by atoms with Gasteiger partial charge < -0.3 is 10.2 Å². The third-order valence-electron chi connectivity index (χ3n) is 5.33. The minimum absolute atomic E-state index is 1.02. The maximum absolute atomic E-state index is 4.30. The Labute approximate surface area is 146 Å². The molecule has 3 nitrogen and oxygen atoms in total. The van der Waals surface area contributed by atoms with Crippen molar-refractivity contribution in [1.82, 2.24) is 10.2 Å². The molecule has 0 radical (unpaired) electrons. The van der Waals surface area contributed by atoms with Gasteiger partial charge >= 0.3 is 0 Å². The van der Waals surface area contributed by atoms with Crippen LogP contribution in [0.3, 0.4) is 0 Å². The van der Waals surface area contributed by atoms with E-state index in [4.69, 9.17) is 0 Å². The number of nitrogens with zero attached hydrogens (tertiary/aromatic N) is 2. The first-order valence-corrected chi connectivity index (χ1v) is 9.55. The normalized spacial score (nSPS) is 18.3. The highest BCUT2D eigenvalue weighted by molar-refractivity contribution is 5.76. The smallest absolute Gasteiger partial charge is 0.0718 e. The number of unbranched alkanes of at least 4 members (excludes halogenated alkanes) is 1. The zero-order valence-corrected chi connectivity index (χ0v) is 15.1. The molecule has 0 aromatic heterocycles. The van der Waals surface area contributed by atoms with Gasteiger partial charge in [-0.15, -0.1) is 0 Å². The van der Waals surface area contributed by atoms with Crippen LogP contribution in [-0.4, -0.2) is 37.8 Å². The van der Waals surface area contributed by atoms with E-state index in [-0.39, 0.29) is 0 Å². The predicted molar refractivity (Wildman–Crippen MR) is 104 cm³/mol. The van der Waals surface area contributed by atoms with Crippen LogP contribution in [-0.2, 0) is 6.42 Å². The van der Waals surface area contributed by atoms with Crippen molar-refractivity contribution in [3.63, 3.8) is 0 Å². The molecule has 0 amide bonds. The van der Waals surface area contributed by atoms with Crippen LogP contribution in [0.15, 0.2) is 23.2 Å². The van der Waals surface area contributed by atoms with Crippen LogP contribution in [0.1, 0.15) is 55.2 Å². The van der Waals surface area contributed by atoms with Gasteiger partial charge in [-0.1, -0.05) is 6.08 Å². The SMILES string of the molecule is C=Nc1cc(CCCCN2CCCC2)c(C)cc1C1=CCCCN1. The lowest BCUT2D eigenvalue weighted by Gasteiger charge is -2.19. The number of aliphatic imine (C=N–C) groups is 1. The van der Waals surface area contributed by atoms with Crippen molar-refractivity contribution in [3.05, 3.63) is 34.9 Å². The van der Waals surface area contributed by atoms with Crippen LogP contribution in [0.4, 0.5) is 5.69 Å². The molecule has 2 aliphatic rings. The largest absolute Gasteiger partial charge is 0.385 e. The molecule has 24 heavy (non-hydrogen) atoms. The summed E-state index contributed by atoms with van der Waals surface area (Å²) in [6, 6.07) is 4.55. The predicted octanol–water partition coefficient (Wildman–Crippen LogP) is 4.47. The third-order valence-corrected chi connectivity index (χ3v) is 5.33. The average Bonchev–Trinajstić information content (AvgIpc) is 3.13. The molecule has 1 fully saturated rings. The van der Waals surface area contributed by atoms with E-state index in [1.165, 1.54) is 74.1 Å². The first kappa shape index (κ1) is 17.2. The molecule has 0 spiro atoms. The Morgan fingerprint density at radius 1 is 1.17 bits per heavy atom. The van der Waals surface area contributed by atoms with E-state index in [9.17, 15) is 0 Å². The lowest BCUT2D eigenvalue weighted by molar-refractivity contribution is 0.330. The molecule has 3 rings (SSSR count). The topological polar surface area (TPSA) is 27.6 Å². The van der Waals surface area contributed by atoms with Crippen molar-refractivity contribution in [2.45, 2.75) is 51.9 Å². The van der Waals surface area contributed by atoms with E-state index >= 15 is 0 Å². The van der Waals surface area contributed by atoms with E-state index in [1.54, 1.807) is 0 Å². The van der Waals surface area contributed by atoms with E-state index in [0.29, 0.717) is 0 Å². The second kappa shape index (κ2) is 8.48. The van der Waals surface area contributed by atoms with Gasteiger partial charge in [0.2, 0.25) is 0 Å². The van der Waals surface area contributed by atoms with Crippen LogP contribution < -0.4 is 5.32 Å². The van der Waals surface area contributed by atoms with Crippen LogP contribution in [0, 0.1) is 6.92 Å². The number of nitrogens with one attached hydrogen (secondary N) is 1. The molecular weight excluding hydrogens is 294 g/mol. The number of rotatable bonds is 7. The summed E-state index contributed by atoms with van der Waals surface area (Å²) in [6.07, 6.45) is 11.1. The number of hydrogen-bond acceptors (Lipinski definition) is 3. The first-order valence-electron chi connectivity index (χ1n) is 9.55. The van der Waals surface area contributed by atoms with Gasteiger partial charge in [-0.2, -0.15) is 0 Å². The standard InChI is InChI=1S/C21H31N3/c1-17-15-19(20-10-3-5-11-23-20)21(22-2)16-18(17)9-4-6-12-24-13-7-8-14-24/h10,15-16,23H,2-9,11-14H2,1H3. The lowest BCUT2D eigenvalue weighted by atomic mass is 9.96. The van der Waals surface area contributed by atoms with Gasteiger partial charge in [0.05, 0.1) is 5.69 Å². The molecule has 130 valence electrons. The Morgan fingerprint density at radius 2 is 2.00 bits per heavy atom. The molecule has 2 heterocycles. The molecule has 1 N–H and O–H groups in total. The van der Waals surface area contributed by atoms with E-state index in [2.05, 4.69) is 47.1 Å². The molecule has 0 aliphatic carbocycles. The van der Waals surface area contributed by atoms with Crippen molar-refractivity contribution in [3.8, 4) is 0 Å². The Balaban J connectivity index is 1.63. The third kappa shape index (κ3) is 4.27. The minimum atomic E-state index is 1.02. The van der Waals surface area contributed by atoms with Crippen molar-refractivity contribution < 1.29 is 0 Å². The molecule has 1 saturated heterocycles. The minimum Gasteiger partial charge on any atom is -0.385 e. The molecule has 0 bridgehead atoms. The number of likely N-dealkylation sites (tertiary alicyclic amines) is 1. The number of benzene rings is 1. The van der Waals surface area contributed by atoms with Crippen LogP contribution in [0.5, 0.6) is 0 Å². The molecule has 1 aromatic carbocycles. The number of hydrogen-bond donors (Lipinski definition) is 1. The summed E-state index contributed by atoms with van der Waals surface area (Å²) < 4.78 is 0. The van der Waals surface area contributed by atoms with Crippen molar-refractivity contribution in [2.75, 3.05) is 26.2 Å². The average molecular weight is 326 g/mol. The zero-order valence-electron chi connectivity index (χ0n) is 15.1. The Hall–Kier alpha value is -1.61. The zero-order chi connectivity index (χ0) is 16.8. The highest BCUT2D eigenvalue weighted by atomic mass is 15.1. The molecular formula is C21H31N3. The van der Waals surface area contributed by atoms with Crippen molar-refractivity contribution in [2.24, 2.45) is 4.99 Å². The van der Waals surface area contributed by atoms with Crippen molar-refractivity contribution in [1.29, 1.82) is 0 Å². The lowest BCUT2D eigenvalue weighted by Crippen LogP contribution is -2.20. The van der Waals surface area contributed by atoms with Crippen LogP contribution >= 0.6 is 0 Å². The van der Waals surface area contributed by atoms with E-state index < -0.39 is 0 Å². The molecule has 0 unspecified atom stereocenters. The number of allylic oxidation sites excluding steroid dienone is 1.